The van der Waals surface area contributed by atoms with Crippen LogP contribution in [-0.2, 0) is 16.0 Å². The van der Waals surface area contributed by atoms with Crippen LogP contribution in [0.25, 0.3) is 0 Å². The van der Waals surface area contributed by atoms with Crippen molar-refractivity contribution in [3.63, 3.8) is 0 Å². The summed E-state index contributed by atoms with van der Waals surface area (Å²) in [6.07, 6.45) is -1.51. The van der Waals surface area contributed by atoms with Gasteiger partial charge < -0.3 is 36.8 Å². The molecule has 2 saturated carbocycles. The average molecular weight is 602 g/mol. The molecule has 0 radical (unpaired) electrons. The lowest BCUT2D eigenvalue weighted by molar-refractivity contribution is -0.265. The van der Waals surface area contributed by atoms with Gasteiger partial charge in [0.05, 0.1) is 23.3 Å². The summed E-state index contributed by atoms with van der Waals surface area (Å²) < 4.78 is 0. The van der Waals surface area contributed by atoms with E-state index >= 15 is 0 Å². The van der Waals surface area contributed by atoms with E-state index in [1.165, 1.54) is 0 Å². The van der Waals surface area contributed by atoms with Crippen molar-refractivity contribution in [3.8, 4) is 5.75 Å². The summed E-state index contributed by atoms with van der Waals surface area (Å²) >= 11 is 0. The second-order valence-corrected chi connectivity index (χ2v) is 14.1. The molecule has 43 heavy (non-hydrogen) atoms. The van der Waals surface area contributed by atoms with Crippen molar-refractivity contribution in [3.05, 3.63) is 22.8 Å². The molecule has 3 amide bonds. The number of phenols is 1. The van der Waals surface area contributed by atoms with Crippen LogP contribution in [0, 0.1) is 34.5 Å². The predicted molar refractivity (Wildman–Crippen MR) is 159 cm³/mol. The summed E-state index contributed by atoms with van der Waals surface area (Å²) in [5.41, 5.74) is 1.81. The zero-order chi connectivity index (χ0) is 32.4. The van der Waals surface area contributed by atoms with Crippen molar-refractivity contribution in [2.75, 3.05) is 11.9 Å². The van der Waals surface area contributed by atoms with Gasteiger partial charge in [-0.25, -0.2) is 4.79 Å². The zero-order valence-electron chi connectivity index (χ0n) is 26.2. The molecule has 8 N–H and O–H groups in total. The third kappa shape index (κ3) is 4.75. The number of nitrogens with one attached hydrogen (secondary N) is 2. The van der Waals surface area contributed by atoms with Crippen LogP contribution in [0.4, 0.5) is 10.5 Å². The van der Waals surface area contributed by atoms with E-state index in [1.807, 2.05) is 27.7 Å². The molecule has 11 heteroatoms. The maximum absolute atomic E-state index is 14.4. The highest BCUT2D eigenvalue weighted by Gasteiger charge is 2.76. The molecule has 0 aromatic heterocycles. The Balaban J connectivity index is 1.89. The van der Waals surface area contributed by atoms with Crippen LogP contribution < -0.4 is 16.4 Å². The van der Waals surface area contributed by atoms with Crippen molar-refractivity contribution in [1.29, 1.82) is 0 Å². The number of nitrogens with two attached hydrogens (primary N) is 1. The predicted octanol–water partition coefficient (Wildman–Crippen LogP) is 2.62. The number of benzene rings is 1. The first-order chi connectivity index (χ1) is 19.9. The second kappa shape index (κ2) is 11.2. The van der Waals surface area contributed by atoms with E-state index < -0.39 is 75.6 Å². The number of hydrogen-bond acceptors (Lipinski definition) is 8. The minimum absolute atomic E-state index is 0.0350. The van der Waals surface area contributed by atoms with Gasteiger partial charge in [0.25, 0.3) is 0 Å². The van der Waals surface area contributed by atoms with Crippen LogP contribution in [-0.4, -0.2) is 68.3 Å². The van der Waals surface area contributed by atoms with Gasteiger partial charge in [-0.05, 0) is 59.6 Å². The zero-order valence-corrected chi connectivity index (χ0v) is 26.2. The van der Waals surface area contributed by atoms with Crippen LogP contribution in [0.2, 0.25) is 0 Å². The molecule has 4 unspecified atom stereocenters. The van der Waals surface area contributed by atoms with E-state index in [2.05, 4.69) is 10.6 Å². The van der Waals surface area contributed by atoms with E-state index in [-0.39, 0.29) is 35.9 Å². The fourth-order valence-electron chi connectivity index (χ4n) is 8.78. The molecule has 0 bridgehead atoms. The standard InChI is InChI=1S/C32H47N3O8/c1-8-9-10-34-29(42)35-18-11-16(14(2)3)17-12-30(6)13-31(7)21(15(4)5)25(38)20(28(33)41)26(39)32(31,43)27(40)22(30)24(37)19(17)23(18)36/h11,14-15,20-22,25,27,36,38,40,43H,8-10,12-13H2,1-7H3,(H2,33,41)(H2,34,35,42)/t20?,21-,22?,25?,27?,30+,31+,32-/m0/s1. The Morgan fingerprint density at radius 1 is 1.14 bits per heavy atom. The normalized spacial score (nSPS) is 35.3. The Bertz CT molecular complexity index is 1340. The molecule has 3 aliphatic rings. The lowest BCUT2D eigenvalue weighted by atomic mass is 9.39. The Morgan fingerprint density at radius 2 is 1.77 bits per heavy atom. The highest BCUT2D eigenvalue weighted by molar-refractivity contribution is 6.10. The maximum atomic E-state index is 14.4. The largest absolute Gasteiger partial charge is 0.505 e. The van der Waals surface area contributed by atoms with Crippen molar-refractivity contribution in [2.24, 2.45) is 40.2 Å². The fraction of sp³-hybridized carbons (Fsp3) is 0.688. The van der Waals surface area contributed by atoms with Crippen LogP contribution in [0.1, 0.15) is 95.1 Å². The SMILES string of the molecule is CCCCNC(=O)Nc1cc(C(C)C)c2c(c1O)C(=O)C1C(O)[C@@]3(O)C(=O)C(C(N)=O)C(O)[C@H](C(C)C)[C@@]3(C)C[C@@]1(C)C2. The molecule has 1 aromatic carbocycles. The molecule has 8 atom stereocenters. The molecule has 238 valence electrons. The number of fused-ring (bicyclic) bond motifs is 3. The highest BCUT2D eigenvalue weighted by atomic mass is 16.4. The number of anilines is 1. The Kier molecular flexibility index (Phi) is 8.54. The first-order valence-electron chi connectivity index (χ1n) is 15.3. The summed E-state index contributed by atoms with van der Waals surface area (Å²) in [4.78, 5) is 53.3. The molecule has 1 aromatic rings. The van der Waals surface area contributed by atoms with E-state index in [0.717, 1.165) is 18.4 Å². The number of rotatable bonds is 7. The number of carbonyl (C=O) groups is 4. The van der Waals surface area contributed by atoms with Gasteiger partial charge in [0.15, 0.2) is 17.2 Å². The Hall–Kier alpha value is -3.02. The molecule has 2 fully saturated rings. The van der Waals surface area contributed by atoms with Crippen molar-refractivity contribution in [2.45, 2.75) is 97.9 Å². The number of carbonyl (C=O) groups excluding carboxylic acids is 4. The van der Waals surface area contributed by atoms with Gasteiger partial charge in [-0.15, -0.1) is 0 Å². The Labute approximate surface area is 252 Å². The van der Waals surface area contributed by atoms with E-state index in [0.29, 0.717) is 12.1 Å². The summed E-state index contributed by atoms with van der Waals surface area (Å²) in [6.45, 7) is 13.3. The molecule has 0 saturated heterocycles. The van der Waals surface area contributed by atoms with Gasteiger partial charge in [0.2, 0.25) is 5.91 Å². The molecule has 0 spiro atoms. The second-order valence-electron chi connectivity index (χ2n) is 14.1. The summed E-state index contributed by atoms with van der Waals surface area (Å²) in [5.74, 6) is -7.69. The number of ketones is 2. The van der Waals surface area contributed by atoms with Crippen LogP contribution in [0.5, 0.6) is 5.75 Å². The number of phenolic OH excluding ortho intramolecular Hbond substituents is 1. The molecular weight excluding hydrogens is 554 g/mol. The van der Waals surface area contributed by atoms with Crippen LogP contribution >= 0.6 is 0 Å². The molecule has 11 nitrogen and oxygen atoms in total. The number of aromatic hydroxyl groups is 1. The van der Waals surface area contributed by atoms with Gasteiger partial charge in [0.1, 0.15) is 17.8 Å². The van der Waals surface area contributed by atoms with Crippen molar-refractivity contribution < 1.29 is 39.6 Å². The number of unbranched alkanes of at least 4 members (excludes halogenated alkanes) is 1. The summed E-state index contributed by atoms with van der Waals surface area (Å²) in [5, 5.41) is 52.3. The van der Waals surface area contributed by atoms with Crippen molar-refractivity contribution in [1.82, 2.24) is 5.32 Å². The molecule has 0 heterocycles. The first kappa shape index (κ1) is 32.9. The maximum Gasteiger partial charge on any atom is 0.319 e. The average Bonchev–Trinajstić information content (AvgIpc) is 2.87. The summed E-state index contributed by atoms with van der Waals surface area (Å²) in [6, 6.07) is 1.12. The van der Waals surface area contributed by atoms with Gasteiger partial charge >= 0.3 is 6.03 Å². The number of primary amides is 1. The quantitative estimate of drug-likeness (QED) is 0.140. The third-order valence-corrected chi connectivity index (χ3v) is 10.5. The lowest BCUT2D eigenvalue weighted by Crippen LogP contribution is -2.79. The smallest absolute Gasteiger partial charge is 0.319 e. The number of urea groups is 1. The van der Waals surface area contributed by atoms with Gasteiger partial charge in [-0.2, -0.15) is 0 Å². The van der Waals surface area contributed by atoms with Gasteiger partial charge in [0, 0.05) is 12.0 Å². The van der Waals surface area contributed by atoms with Gasteiger partial charge in [-0.3, -0.25) is 14.4 Å². The molecular formula is C32H47N3O8. The monoisotopic (exact) mass is 601 g/mol. The topological polar surface area (TPSA) is 199 Å². The number of hydrogen-bond donors (Lipinski definition) is 7. The number of Topliss-reactive ketones (excluding diaryl/α,β-unsaturated/α-hetero) is 2. The fourth-order valence-corrected chi connectivity index (χ4v) is 8.78. The number of amides is 3. The van der Waals surface area contributed by atoms with E-state index in [9.17, 15) is 39.6 Å². The Morgan fingerprint density at radius 3 is 2.30 bits per heavy atom. The number of aliphatic hydroxyl groups excluding tert-OH is 2. The highest BCUT2D eigenvalue weighted by Crippen LogP contribution is 2.66. The molecule has 4 rings (SSSR count). The molecule has 3 aliphatic carbocycles. The molecule has 0 aliphatic heterocycles. The van der Waals surface area contributed by atoms with Crippen molar-refractivity contribution >= 4 is 29.2 Å². The minimum atomic E-state index is -2.58. The third-order valence-electron chi connectivity index (χ3n) is 10.5. The van der Waals surface area contributed by atoms with Crippen LogP contribution in [0.15, 0.2) is 6.07 Å². The van der Waals surface area contributed by atoms with E-state index in [4.69, 9.17) is 5.73 Å². The summed E-state index contributed by atoms with van der Waals surface area (Å²) in [7, 11) is 0. The lowest BCUT2D eigenvalue weighted by Gasteiger charge is -2.66. The van der Waals surface area contributed by atoms with Gasteiger partial charge in [-0.1, -0.05) is 54.9 Å². The number of aliphatic hydroxyl groups is 3. The first-order valence-corrected chi connectivity index (χ1v) is 15.3. The van der Waals surface area contributed by atoms with Crippen LogP contribution in [0.3, 0.4) is 0 Å². The minimum Gasteiger partial charge on any atom is -0.505 e. The van der Waals surface area contributed by atoms with E-state index in [1.54, 1.807) is 26.8 Å².